The molecule has 2 aromatic heterocycles. The molecule has 21 heavy (non-hydrogen) atoms. The van der Waals surface area contributed by atoms with Gasteiger partial charge in [0.25, 0.3) is 5.78 Å². The first-order chi connectivity index (χ1) is 10.0. The van der Waals surface area contributed by atoms with Crippen LogP contribution in [0.25, 0.3) is 5.78 Å². The van der Waals surface area contributed by atoms with E-state index in [0.717, 1.165) is 11.8 Å². The summed E-state index contributed by atoms with van der Waals surface area (Å²) in [5.41, 5.74) is 0.844. The number of aryl methyl sites for hydroxylation is 1. The first-order valence-corrected chi connectivity index (χ1v) is 7.14. The van der Waals surface area contributed by atoms with Crippen molar-refractivity contribution in [1.29, 1.82) is 0 Å². The van der Waals surface area contributed by atoms with Gasteiger partial charge in [-0.1, -0.05) is 11.8 Å². The van der Waals surface area contributed by atoms with Gasteiger partial charge in [-0.15, -0.1) is 5.10 Å². The molecule has 2 heterocycles. The highest BCUT2D eigenvalue weighted by atomic mass is 32.2. The van der Waals surface area contributed by atoms with E-state index in [1.54, 1.807) is 13.8 Å². The highest BCUT2D eigenvalue weighted by Crippen LogP contribution is 2.15. The lowest BCUT2D eigenvalue weighted by Gasteiger charge is -2.04. The van der Waals surface area contributed by atoms with E-state index in [9.17, 15) is 9.59 Å². The molecule has 0 aliphatic rings. The predicted molar refractivity (Wildman–Crippen MR) is 74.2 cm³/mol. The first kappa shape index (κ1) is 15.2. The average Bonchev–Trinajstić information content (AvgIpc) is 2.85. The number of thioether (sulfide) groups is 1. The predicted octanol–water partition coefficient (Wildman–Crippen LogP) is 0.875. The zero-order valence-corrected chi connectivity index (χ0v) is 12.6. The highest BCUT2D eigenvalue weighted by Gasteiger charge is 2.15. The number of methoxy groups -OCH3 is 1. The molecule has 0 amide bonds. The molecular formula is C12H14N4O4S. The summed E-state index contributed by atoms with van der Waals surface area (Å²) in [6.07, 6.45) is 1.52. The molecule has 2 aromatic rings. The summed E-state index contributed by atoms with van der Waals surface area (Å²) in [6, 6.07) is 0. The minimum atomic E-state index is -0.455. The zero-order valence-electron chi connectivity index (χ0n) is 11.8. The molecule has 0 aliphatic heterocycles. The molecule has 0 radical (unpaired) electrons. The second-order valence-electron chi connectivity index (χ2n) is 3.96. The normalized spacial score (nSPS) is 10.6. The SMILES string of the molecule is CCOC(=O)c1cn2nc(SCC(=O)OC)nc2nc1C. The van der Waals surface area contributed by atoms with Crippen LogP contribution in [-0.2, 0) is 14.3 Å². The summed E-state index contributed by atoms with van der Waals surface area (Å²) in [6.45, 7) is 3.71. The Balaban J connectivity index is 2.26. The molecule has 0 fully saturated rings. The van der Waals surface area contributed by atoms with Gasteiger partial charge in [-0.25, -0.2) is 14.3 Å². The van der Waals surface area contributed by atoms with Crippen molar-refractivity contribution in [3.05, 3.63) is 17.5 Å². The molecule has 0 bridgehead atoms. The molecule has 0 saturated carbocycles. The number of rotatable bonds is 5. The van der Waals surface area contributed by atoms with E-state index in [2.05, 4.69) is 19.8 Å². The van der Waals surface area contributed by atoms with E-state index in [0.29, 0.717) is 22.2 Å². The van der Waals surface area contributed by atoms with Crippen LogP contribution in [0, 0.1) is 6.92 Å². The lowest BCUT2D eigenvalue weighted by molar-refractivity contribution is -0.137. The van der Waals surface area contributed by atoms with Crippen LogP contribution in [0.3, 0.4) is 0 Å². The monoisotopic (exact) mass is 310 g/mol. The Morgan fingerprint density at radius 3 is 2.81 bits per heavy atom. The molecule has 9 heteroatoms. The van der Waals surface area contributed by atoms with E-state index in [1.165, 1.54) is 17.8 Å². The topological polar surface area (TPSA) is 95.7 Å². The van der Waals surface area contributed by atoms with Crippen LogP contribution in [-0.4, -0.2) is 51.0 Å². The Hall–Kier alpha value is -2.16. The summed E-state index contributed by atoms with van der Waals surface area (Å²) in [7, 11) is 1.32. The fraction of sp³-hybridized carbons (Fsp3) is 0.417. The van der Waals surface area contributed by atoms with Crippen molar-refractivity contribution >= 4 is 29.5 Å². The molecule has 0 atom stereocenters. The van der Waals surface area contributed by atoms with Gasteiger partial charge in [0.15, 0.2) is 0 Å². The molecule has 0 aromatic carbocycles. The average molecular weight is 310 g/mol. The van der Waals surface area contributed by atoms with E-state index >= 15 is 0 Å². The molecule has 112 valence electrons. The van der Waals surface area contributed by atoms with Crippen LogP contribution < -0.4 is 0 Å². The van der Waals surface area contributed by atoms with E-state index in [4.69, 9.17) is 4.74 Å². The maximum absolute atomic E-state index is 11.8. The van der Waals surface area contributed by atoms with Crippen molar-refractivity contribution in [2.75, 3.05) is 19.5 Å². The number of nitrogens with zero attached hydrogens (tertiary/aromatic N) is 4. The summed E-state index contributed by atoms with van der Waals surface area (Å²) in [5.74, 6) is -0.358. The Morgan fingerprint density at radius 1 is 1.38 bits per heavy atom. The molecule has 0 saturated heterocycles. The number of esters is 2. The fourth-order valence-electron chi connectivity index (χ4n) is 1.54. The van der Waals surface area contributed by atoms with Gasteiger partial charge in [-0.3, -0.25) is 4.79 Å². The molecule has 0 aliphatic carbocycles. The Bertz CT molecular complexity index is 685. The third-order valence-electron chi connectivity index (χ3n) is 2.54. The van der Waals surface area contributed by atoms with Crippen molar-refractivity contribution in [3.8, 4) is 0 Å². The number of aromatic nitrogens is 4. The number of fused-ring (bicyclic) bond motifs is 1. The van der Waals surface area contributed by atoms with Gasteiger partial charge >= 0.3 is 11.9 Å². The summed E-state index contributed by atoms with van der Waals surface area (Å²) in [5, 5.41) is 4.54. The van der Waals surface area contributed by atoms with Gasteiger partial charge in [0.2, 0.25) is 5.16 Å². The third kappa shape index (κ3) is 3.48. The smallest absolute Gasteiger partial charge is 0.341 e. The maximum atomic E-state index is 11.8. The fourth-order valence-corrected chi connectivity index (χ4v) is 2.19. The van der Waals surface area contributed by atoms with Gasteiger partial charge in [0.1, 0.15) is 0 Å². The Labute approximate surface area is 124 Å². The molecule has 0 unspecified atom stereocenters. The number of ether oxygens (including phenoxy) is 2. The molecule has 0 N–H and O–H groups in total. The van der Waals surface area contributed by atoms with Crippen molar-refractivity contribution in [1.82, 2.24) is 19.6 Å². The van der Waals surface area contributed by atoms with Crippen LogP contribution in [0.2, 0.25) is 0 Å². The van der Waals surface area contributed by atoms with Gasteiger partial charge in [0.05, 0.1) is 30.7 Å². The molecule has 2 rings (SSSR count). The van der Waals surface area contributed by atoms with Crippen LogP contribution in [0.4, 0.5) is 0 Å². The lowest BCUT2D eigenvalue weighted by Crippen LogP contribution is -2.10. The summed E-state index contributed by atoms with van der Waals surface area (Å²) < 4.78 is 10.9. The van der Waals surface area contributed by atoms with E-state index in [1.807, 2.05) is 0 Å². The molecular weight excluding hydrogens is 296 g/mol. The standard InChI is InChI=1S/C12H14N4O4S/c1-4-20-10(18)8-5-16-11(13-7(8)2)14-12(15-16)21-6-9(17)19-3/h5H,4,6H2,1-3H3. The molecule has 0 spiro atoms. The Kier molecular flexibility index (Phi) is 4.73. The van der Waals surface area contributed by atoms with Crippen molar-refractivity contribution in [3.63, 3.8) is 0 Å². The van der Waals surface area contributed by atoms with Crippen LogP contribution in [0.1, 0.15) is 23.0 Å². The third-order valence-corrected chi connectivity index (χ3v) is 3.36. The summed E-state index contributed by atoms with van der Waals surface area (Å²) in [4.78, 5) is 31.2. The van der Waals surface area contributed by atoms with Crippen molar-refractivity contribution in [2.45, 2.75) is 19.0 Å². The Morgan fingerprint density at radius 2 is 2.14 bits per heavy atom. The second-order valence-corrected chi connectivity index (χ2v) is 4.91. The van der Waals surface area contributed by atoms with E-state index < -0.39 is 5.97 Å². The van der Waals surface area contributed by atoms with Crippen LogP contribution in [0.5, 0.6) is 0 Å². The van der Waals surface area contributed by atoms with Crippen molar-refractivity contribution in [2.24, 2.45) is 0 Å². The second kappa shape index (κ2) is 6.53. The maximum Gasteiger partial charge on any atom is 0.341 e. The van der Waals surface area contributed by atoms with Crippen LogP contribution in [0.15, 0.2) is 11.4 Å². The quantitative estimate of drug-likeness (QED) is 0.593. The van der Waals surface area contributed by atoms with Crippen LogP contribution >= 0.6 is 11.8 Å². The molecule has 8 nitrogen and oxygen atoms in total. The minimum absolute atomic E-state index is 0.108. The summed E-state index contributed by atoms with van der Waals surface area (Å²) >= 11 is 1.14. The number of hydrogen-bond donors (Lipinski definition) is 0. The van der Waals surface area contributed by atoms with Gasteiger partial charge in [-0.05, 0) is 13.8 Å². The van der Waals surface area contributed by atoms with Crippen molar-refractivity contribution < 1.29 is 19.1 Å². The van der Waals surface area contributed by atoms with Gasteiger partial charge in [-0.2, -0.15) is 4.98 Å². The zero-order chi connectivity index (χ0) is 15.4. The number of carbonyl (C=O) groups is 2. The largest absolute Gasteiger partial charge is 0.468 e. The first-order valence-electron chi connectivity index (χ1n) is 6.16. The van der Waals surface area contributed by atoms with Gasteiger partial charge < -0.3 is 9.47 Å². The number of hydrogen-bond acceptors (Lipinski definition) is 8. The van der Waals surface area contributed by atoms with E-state index in [-0.39, 0.29) is 18.3 Å². The van der Waals surface area contributed by atoms with Gasteiger partial charge in [0, 0.05) is 6.20 Å². The highest BCUT2D eigenvalue weighted by molar-refractivity contribution is 7.99. The lowest BCUT2D eigenvalue weighted by atomic mass is 10.2. The number of carbonyl (C=O) groups excluding carboxylic acids is 2. The minimum Gasteiger partial charge on any atom is -0.468 e.